The Morgan fingerprint density at radius 3 is 2.44 bits per heavy atom. The molecule has 1 saturated heterocycles. The van der Waals surface area contributed by atoms with Crippen molar-refractivity contribution in [1.29, 1.82) is 0 Å². The molecule has 0 aromatic rings. The summed E-state index contributed by atoms with van der Waals surface area (Å²) in [6.45, 7) is 3.28. The van der Waals surface area contributed by atoms with Gasteiger partial charge < -0.3 is 19.7 Å². The fourth-order valence-corrected chi connectivity index (χ4v) is 2.95. The lowest BCUT2D eigenvalue weighted by Gasteiger charge is -2.34. The normalized spacial score (nSPS) is 16.6. The molecular weight excluding hydrogens is 476 g/mol. The first-order chi connectivity index (χ1) is 12.4. The van der Waals surface area contributed by atoms with Crippen LogP contribution in [-0.4, -0.2) is 95.2 Å². The van der Waals surface area contributed by atoms with Gasteiger partial charge in [-0.3, -0.25) is 9.89 Å². The molecule has 0 aliphatic carbocycles. The van der Waals surface area contributed by atoms with Crippen molar-refractivity contribution in [3.63, 3.8) is 0 Å². The van der Waals surface area contributed by atoms with Gasteiger partial charge in [0.1, 0.15) is 0 Å². The first kappa shape index (κ1) is 26.7. The molecule has 6 nitrogen and oxygen atoms in total. The van der Waals surface area contributed by atoms with E-state index < -0.39 is 12.7 Å². The van der Waals surface area contributed by atoms with E-state index in [0.717, 1.165) is 44.9 Å². The summed E-state index contributed by atoms with van der Waals surface area (Å²) in [6.07, 6.45) is -0.441. The van der Waals surface area contributed by atoms with Crippen molar-refractivity contribution in [3.8, 4) is 0 Å². The summed E-state index contributed by atoms with van der Waals surface area (Å²) in [6, 6.07) is 0. The molecule has 10 heteroatoms. The van der Waals surface area contributed by atoms with Crippen molar-refractivity contribution in [1.82, 2.24) is 15.1 Å². The second-order valence-electron chi connectivity index (χ2n) is 6.58. The highest BCUT2D eigenvalue weighted by Crippen LogP contribution is 2.16. The first-order valence-electron chi connectivity index (χ1n) is 9.17. The van der Waals surface area contributed by atoms with E-state index in [0.29, 0.717) is 26.1 Å². The summed E-state index contributed by atoms with van der Waals surface area (Å²) in [7, 11) is 4.90. The fourth-order valence-electron chi connectivity index (χ4n) is 2.95. The summed E-state index contributed by atoms with van der Waals surface area (Å²) in [5.41, 5.74) is 0. The number of hydrogen-bond acceptors (Lipinski definition) is 4. The highest BCUT2D eigenvalue weighted by molar-refractivity contribution is 14.0. The zero-order valence-electron chi connectivity index (χ0n) is 16.6. The molecule has 0 aromatic heterocycles. The molecule has 0 spiro atoms. The first-order valence-corrected chi connectivity index (χ1v) is 9.17. The lowest BCUT2D eigenvalue weighted by atomic mass is 10.1. The quantitative estimate of drug-likeness (QED) is 0.212. The predicted molar refractivity (Wildman–Crippen MR) is 112 cm³/mol. The Morgan fingerprint density at radius 2 is 1.89 bits per heavy atom. The molecule has 0 radical (unpaired) electrons. The van der Waals surface area contributed by atoms with Crippen LogP contribution < -0.4 is 5.32 Å². The molecule has 0 bridgehead atoms. The number of nitrogens with one attached hydrogen (secondary N) is 1. The number of nitrogens with zero attached hydrogens (tertiary/aromatic N) is 3. The highest BCUT2D eigenvalue weighted by atomic mass is 127. The second-order valence-corrected chi connectivity index (χ2v) is 6.58. The fraction of sp³-hybridized carbons (Fsp3) is 0.941. The third-order valence-corrected chi connectivity index (χ3v) is 4.25. The molecule has 0 saturated carbocycles. The van der Waals surface area contributed by atoms with Gasteiger partial charge in [0, 0.05) is 47.0 Å². The average molecular weight is 510 g/mol. The minimum Gasteiger partial charge on any atom is -0.385 e. The zero-order valence-corrected chi connectivity index (χ0v) is 18.9. The van der Waals surface area contributed by atoms with Crippen LogP contribution >= 0.6 is 24.0 Å². The molecule has 1 aliphatic heterocycles. The van der Waals surface area contributed by atoms with Gasteiger partial charge in [-0.15, -0.1) is 24.0 Å². The van der Waals surface area contributed by atoms with Gasteiger partial charge in [0.2, 0.25) is 0 Å². The molecule has 0 atom stereocenters. The third kappa shape index (κ3) is 12.7. The van der Waals surface area contributed by atoms with Gasteiger partial charge in [0.25, 0.3) is 0 Å². The molecule has 162 valence electrons. The Morgan fingerprint density at radius 1 is 1.22 bits per heavy atom. The summed E-state index contributed by atoms with van der Waals surface area (Å²) < 4.78 is 47.7. The second kappa shape index (κ2) is 14.6. The number of guanidine groups is 1. The number of halogens is 4. The van der Waals surface area contributed by atoms with E-state index in [1.807, 2.05) is 0 Å². The smallest absolute Gasteiger partial charge is 0.385 e. The van der Waals surface area contributed by atoms with Gasteiger partial charge in [0.05, 0.1) is 12.6 Å². The number of methoxy groups -OCH3 is 1. The van der Waals surface area contributed by atoms with Gasteiger partial charge in [-0.2, -0.15) is 13.2 Å². The van der Waals surface area contributed by atoms with Crippen LogP contribution in [0.1, 0.15) is 25.7 Å². The maximum atomic E-state index is 12.3. The molecule has 1 fully saturated rings. The van der Waals surface area contributed by atoms with Crippen LogP contribution in [-0.2, 0) is 9.47 Å². The number of rotatable bonds is 10. The highest BCUT2D eigenvalue weighted by Gasteiger charge is 2.28. The van der Waals surface area contributed by atoms with Crippen molar-refractivity contribution in [3.05, 3.63) is 0 Å². The largest absolute Gasteiger partial charge is 0.401 e. The Kier molecular flexibility index (Phi) is 14.5. The van der Waals surface area contributed by atoms with Gasteiger partial charge in [-0.1, -0.05) is 0 Å². The molecule has 1 rings (SSSR count). The number of hydrogen-bond donors (Lipinski definition) is 1. The van der Waals surface area contributed by atoms with E-state index in [-0.39, 0.29) is 30.1 Å². The van der Waals surface area contributed by atoms with Crippen molar-refractivity contribution in [2.45, 2.75) is 38.0 Å². The lowest BCUT2D eigenvalue weighted by Crippen LogP contribution is -2.47. The molecular formula is C17H34F3IN4O2. The van der Waals surface area contributed by atoms with Crippen molar-refractivity contribution in [2.24, 2.45) is 4.99 Å². The van der Waals surface area contributed by atoms with E-state index in [9.17, 15) is 13.2 Å². The van der Waals surface area contributed by atoms with Gasteiger partial charge in [-0.25, -0.2) is 0 Å². The summed E-state index contributed by atoms with van der Waals surface area (Å²) in [4.78, 5) is 7.74. The van der Waals surface area contributed by atoms with Gasteiger partial charge in [-0.05, 0) is 39.3 Å². The predicted octanol–water partition coefficient (Wildman–Crippen LogP) is 2.58. The average Bonchev–Trinajstić information content (AvgIpc) is 2.58. The van der Waals surface area contributed by atoms with Crippen LogP contribution in [0.2, 0.25) is 0 Å². The van der Waals surface area contributed by atoms with Crippen molar-refractivity contribution >= 4 is 29.9 Å². The Hall–Kier alpha value is -0.330. The molecule has 1 aliphatic rings. The van der Waals surface area contributed by atoms with E-state index in [2.05, 4.69) is 15.2 Å². The summed E-state index contributed by atoms with van der Waals surface area (Å²) in [5, 5.41) is 3.24. The monoisotopic (exact) mass is 510 g/mol. The van der Waals surface area contributed by atoms with E-state index >= 15 is 0 Å². The number of ether oxygens (including phenoxy) is 2. The molecule has 1 N–H and O–H groups in total. The van der Waals surface area contributed by atoms with Crippen LogP contribution in [0.5, 0.6) is 0 Å². The molecule has 27 heavy (non-hydrogen) atoms. The van der Waals surface area contributed by atoms with Crippen LogP contribution in [0.25, 0.3) is 0 Å². The summed E-state index contributed by atoms with van der Waals surface area (Å²) in [5.74, 6) is 0.807. The number of aliphatic imine (C=N–C) groups is 1. The Labute approximate surface area is 177 Å². The van der Waals surface area contributed by atoms with Crippen molar-refractivity contribution < 1.29 is 22.6 Å². The lowest BCUT2D eigenvalue weighted by molar-refractivity contribution is -0.143. The van der Waals surface area contributed by atoms with Gasteiger partial charge >= 0.3 is 6.18 Å². The zero-order chi connectivity index (χ0) is 19.4. The number of likely N-dealkylation sites (tertiary alicyclic amines) is 1. The Balaban J connectivity index is 0.00000676. The third-order valence-electron chi connectivity index (χ3n) is 4.25. The SMILES string of the molecule is CN=C(NCCCN(C)CC(F)(F)F)N1CCC(OCCCOC)CC1.I. The standard InChI is InChI=1S/C17H33F3N4O2.HI/c1-21-16(22-8-4-9-23(2)14-17(18,19)20)24-10-6-15(7-11-24)26-13-5-12-25-3;/h15H,4-14H2,1-3H3,(H,21,22);1H. The van der Waals surface area contributed by atoms with E-state index in [1.54, 1.807) is 14.2 Å². The van der Waals surface area contributed by atoms with Gasteiger partial charge in [0.15, 0.2) is 5.96 Å². The van der Waals surface area contributed by atoms with E-state index in [4.69, 9.17) is 9.47 Å². The van der Waals surface area contributed by atoms with Crippen LogP contribution in [0, 0.1) is 0 Å². The topological polar surface area (TPSA) is 49.3 Å². The molecule has 0 unspecified atom stereocenters. The van der Waals surface area contributed by atoms with Crippen LogP contribution in [0.4, 0.5) is 13.2 Å². The minimum absolute atomic E-state index is 0. The summed E-state index contributed by atoms with van der Waals surface area (Å²) >= 11 is 0. The molecule has 1 heterocycles. The van der Waals surface area contributed by atoms with Crippen LogP contribution in [0.15, 0.2) is 4.99 Å². The van der Waals surface area contributed by atoms with E-state index in [1.165, 1.54) is 11.9 Å². The number of alkyl halides is 3. The van der Waals surface area contributed by atoms with Crippen molar-refractivity contribution in [2.75, 3.05) is 67.1 Å². The maximum absolute atomic E-state index is 12.3. The number of piperidine rings is 1. The minimum atomic E-state index is -4.14. The molecule has 0 amide bonds. The molecule has 0 aromatic carbocycles. The maximum Gasteiger partial charge on any atom is 0.401 e. The van der Waals surface area contributed by atoms with Crippen LogP contribution in [0.3, 0.4) is 0 Å². The Bertz CT molecular complexity index is 406.